The van der Waals surface area contributed by atoms with Crippen LogP contribution in [0.3, 0.4) is 0 Å². The number of hydrogen-bond acceptors (Lipinski definition) is 3. The van der Waals surface area contributed by atoms with E-state index in [1.807, 2.05) is 0 Å². The Hall–Kier alpha value is -1.45. The van der Waals surface area contributed by atoms with Gasteiger partial charge in [-0.25, -0.2) is 0 Å². The van der Waals surface area contributed by atoms with Gasteiger partial charge in [-0.2, -0.15) is 0 Å². The number of likely N-dealkylation sites (tertiary alicyclic amines) is 1. The number of piperidine rings is 1. The van der Waals surface area contributed by atoms with E-state index in [1.54, 1.807) is 0 Å². The van der Waals surface area contributed by atoms with Crippen molar-refractivity contribution in [3.05, 3.63) is 41.6 Å². The lowest BCUT2D eigenvalue weighted by Gasteiger charge is -2.29. The van der Waals surface area contributed by atoms with Crippen LogP contribution < -0.4 is 5.32 Å². The molecular formula is C17H23N3. The molecule has 1 saturated heterocycles. The van der Waals surface area contributed by atoms with Crippen molar-refractivity contribution in [1.82, 2.24) is 15.2 Å². The van der Waals surface area contributed by atoms with E-state index in [4.69, 9.17) is 0 Å². The Kier molecular flexibility index (Phi) is 3.99. The summed E-state index contributed by atoms with van der Waals surface area (Å²) in [6.07, 6.45) is 2.50. The molecule has 3 nitrogen and oxygen atoms in total. The number of nitrogens with zero attached hydrogens (tertiary/aromatic N) is 2. The summed E-state index contributed by atoms with van der Waals surface area (Å²) in [6, 6.07) is 11.3. The molecule has 2 aromatic rings. The van der Waals surface area contributed by atoms with Gasteiger partial charge in [-0.1, -0.05) is 18.2 Å². The highest BCUT2D eigenvalue weighted by Crippen LogP contribution is 2.19. The molecule has 1 aromatic heterocycles. The Labute approximate surface area is 121 Å². The summed E-state index contributed by atoms with van der Waals surface area (Å²) in [4.78, 5) is 7.01. The van der Waals surface area contributed by atoms with Gasteiger partial charge in [-0.3, -0.25) is 4.98 Å². The van der Waals surface area contributed by atoms with Gasteiger partial charge in [0.15, 0.2) is 0 Å². The zero-order valence-electron chi connectivity index (χ0n) is 12.4. The van der Waals surface area contributed by atoms with Crippen molar-refractivity contribution in [3.8, 4) is 0 Å². The predicted molar refractivity (Wildman–Crippen MR) is 83.8 cm³/mol. The molecular weight excluding hydrogens is 246 g/mol. The van der Waals surface area contributed by atoms with Gasteiger partial charge < -0.3 is 10.2 Å². The van der Waals surface area contributed by atoms with Crippen LogP contribution in [0.1, 0.15) is 24.1 Å². The third-order valence-corrected chi connectivity index (χ3v) is 4.23. The molecule has 1 N–H and O–H groups in total. The summed E-state index contributed by atoms with van der Waals surface area (Å²) in [6.45, 7) is 5.42. The molecule has 0 amide bonds. The maximum atomic E-state index is 4.61. The molecule has 3 heteroatoms. The van der Waals surface area contributed by atoms with Gasteiger partial charge in [0.25, 0.3) is 0 Å². The van der Waals surface area contributed by atoms with E-state index < -0.39 is 0 Å². The van der Waals surface area contributed by atoms with Crippen molar-refractivity contribution in [2.75, 3.05) is 20.1 Å². The van der Waals surface area contributed by atoms with Crippen LogP contribution in [0, 0.1) is 6.92 Å². The molecule has 3 rings (SSSR count). The minimum atomic E-state index is 0.651. The van der Waals surface area contributed by atoms with Gasteiger partial charge in [0.2, 0.25) is 0 Å². The Morgan fingerprint density at radius 1 is 1.25 bits per heavy atom. The zero-order chi connectivity index (χ0) is 13.9. The Morgan fingerprint density at radius 2 is 2.00 bits per heavy atom. The quantitative estimate of drug-likeness (QED) is 0.928. The molecule has 1 aliphatic heterocycles. The van der Waals surface area contributed by atoms with Crippen LogP contribution in [0.5, 0.6) is 0 Å². The number of rotatable bonds is 3. The van der Waals surface area contributed by atoms with Gasteiger partial charge in [0, 0.05) is 23.7 Å². The van der Waals surface area contributed by atoms with Crippen LogP contribution >= 0.6 is 0 Å². The number of hydrogen-bond donors (Lipinski definition) is 1. The van der Waals surface area contributed by atoms with Crippen LogP contribution in [-0.2, 0) is 6.54 Å². The van der Waals surface area contributed by atoms with E-state index >= 15 is 0 Å². The van der Waals surface area contributed by atoms with E-state index in [0.717, 1.165) is 17.8 Å². The highest BCUT2D eigenvalue weighted by Gasteiger charge is 2.16. The number of benzene rings is 1. The third kappa shape index (κ3) is 3.00. The van der Waals surface area contributed by atoms with Crippen LogP contribution in [0.4, 0.5) is 0 Å². The van der Waals surface area contributed by atoms with E-state index in [9.17, 15) is 0 Å². The molecule has 0 bridgehead atoms. The molecule has 0 saturated carbocycles. The second kappa shape index (κ2) is 5.90. The SMILES string of the molecule is Cc1cc(CNC2CCN(C)CC2)c2ccccc2n1. The van der Waals surface area contributed by atoms with Crippen LogP contribution in [0.15, 0.2) is 30.3 Å². The average molecular weight is 269 g/mol. The zero-order valence-corrected chi connectivity index (χ0v) is 12.4. The van der Waals surface area contributed by atoms with E-state index in [-0.39, 0.29) is 0 Å². The third-order valence-electron chi connectivity index (χ3n) is 4.23. The number of aryl methyl sites for hydroxylation is 1. The Morgan fingerprint density at radius 3 is 2.80 bits per heavy atom. The van der Waals surface area contributed by atoms with Crippen molar-refractivity contribution < 1.29 is 0 Å². The van der Waals surface area contributed by atoms with Gasteiger partial charge in [-0.15, -0.1) is 0 Å². The highest BCUT2D eigenvalue weighted by molar-refractivity contribution is 5.82. The summed E-state index contributed by atoms with van der Waals surface area (Å²) >= 11 is 0. The lowest BCUT2D eigenvalue weighted by atomic mass is 10.0. The van der Waals surface area contributed by atoms with Crippen molar-refractivity contribution in [2.45, 2.75) is 32.4 Å². The maximum absolute atomic E-state index is 4.61. The summed E-state index contributed by atoms with van der Waals surface area (Å²) in [5, 5.41) is 5.00. The lowest BCUT2D eigenvalue weighted by Crippen LogP contribution is -2.40. The van der Waals surface area contributed by atoms with Gasteiger partial charge in [0.05, 0.1) is 5.52 Å². The molecule has 1 aliphatic rings. The second-order valence-electron chi connectivity index (χ2n) is 5.90. The minimum Gasteiger partial charge on any atom is -0.310 e. The molecule has 2 heterocycles. The minimum absolute atomic E-state index is 0.651. The first-order chi connectivity index (χ1) is 9.72. The molecule has 0 aliphatic carbocycles. The summed E-state index contributed by atoms with van der Waals surface area (Å²) in [5.74, 6) is 0. The molecule has 0 radical (unpaired) electrons. The van der Waals surface area contributed by atoms with Gasteiger partial charge >= 0.3 is 0 Å². The molecule has 1 aromatic carbocycles. The standard InChI is InChI=1S/C17H23N3/c1-13-11-14(16-5-3-4-6-17(16)19-13)12-18-15-7-9-20(2)10-8-15/h3-6,11,15,18H,7-10,12H2,1-2H3. The number of para-hydroxylation sites is 1. The van der Waals surface area contributed by atoms with E-state index in [0.29, 0.717) is 6.04 Å². The first kappa shape index (κ1) is 13.5. The first-order valence-corrected chi connectivity index (χ1v) is 7.49. The van der Waals surface area contributed by atoms with Crippen molar-refractivity contribution in [2.24, 2.45) is 0 Å². The largest absolute Gasteiger partial charge is 0.310 e. The fourth-order valence-electron chi connectivity index (χ4n) is 3.01. The average Bonchev–Trinajstić information content (AvgIpc) is 2.46. The number of fused-ring (bicyclic) bond motifs is 1. The van der Waals surface area contributed by atoms with Crippen LogP contribution in [0.25, 0.3) is 10.9 Å². The number of aromatic nitrogens is 1. The summed E-state index contributed by atoms with van der Waals surface area (Å²) in [7, 11) is 2.20. The van der Waals surface area contributed by atoms with Crippen LogP contribution in [-0.4, -0.2) is 36.1 Å². The van der Waals surface area contributed by atoms with Gasteiger partial charge in [-0.05, 0) is 57.6 Å². The Balaban J connectivity index is 1.74. The highest BCUT2D eigenvalue weighted by atomic mass is 15.1. The first-order valence-electron chi connectivity index (χ1n) is 7.49. The topological polar surface area (TPSA) is 28.2 Å². The Bertz CT molecular complexity index is 586. The smallest absolute Gasteiger partial charge is 0.0708 e. The maximum Gasteiger partial charge on any atom is 0.0708 e. The summed E-state index contributed by atoms with van der Waals surface area (Å²) in [5.41, 5.74) is 3.57. The number of nitrogens with one attached hydrogen (secondary N) is 1. The molecule has 106 valence electrons. The molecule has 0 atom stereocenters. The van der Waals surface area contributed by atoms with Crippen LogP contribution in [0.2, 0.25) is 0 Å². The fraction of sp³-hybridized carbons (Fsp3) is 0.471. The fourth-order valence-corrected chi connectivity index (χ4v) is 3.01. The lowest BCUT2D eigenvalue weighted by molar-refractivity contribution is 0.234. The summed E-state index contributed by atoms with van der Waals surface area (Å²) < 4.78 is 0. The van der Waals surface area contributed by atoms with Crippen molar-refractivity contribution in [3.63, 3.8) is 0 Å². The normalized spacial score (nSPS) is 17.7. The van der Waals surface area contributed by atoms with Gasteiger partial charge in [0.1, 0.15) is 0 Å². The monoisotopic (exact) mass is 269 g/mol. The van der Waals surface area contributed by atoms with Crippen molar-refractivity contribution >= 4 is 10.9 Å². The molecule has 20 heavy (non-hydrogen) atoms. The number of pyridine rings is 1. The predicted octanol–water partition coefficient (Wildman–Crippen LogP) is 2.73. The molecule has 0 unspecified atom stereocenters. The second-order valence-corrected chi connectivity index (χ2v) is 5.90. The van der Waals surface area contributed by atoms with E-state index in [2.05, 4.69) is 59.5 Å². The molecule has 1 fully saturated rings. The molecule has 0 spiro atoms. The van der Waals surface area contributed by atoms with Crippen molar-refractivity contribution in [1.29, 1.82) is 0 Å². The van der Waals surface area contributed by atoms with E-state index in [1.165, 1.54) is 36.9 Å².